The number of carbonyl (C=O) groups excluding carboxylic acids is 1. The largest absolute Gasteiger partial charge is 0.437 e. The van der Waals surface area contributed by atoms with Gasteiger partial charge in [0.25, 0.3) is 0 Å². The average Bonchev–Trinajstić information content (AvgIpc) is 2.27. The van der Waals surface area contributed by atoms with Gasteiger partial charge in [0.15, 0.2) is 6.23 Å². The highest BCUT2D eigenvalue weighted by Crippen LogP contribution is 2.00. The summed E-state index contributed by atoms with van der Waals surface area (Å²) in [6.45, 7) is 6.82. The lowest BCUT2D eigenvalue weighted by Crippen LogP contribution is -2.13. The van der Waals surface area contributed by atoms with Crippen LogP contribution in [0, 0.1) is 0 Å². The van der Waals surface area contributed by atoms with Crippen LogP contribution in [0.5, 0.6) is 0 Å². The minimum atomic E-state index is -0.496. The lowest BCUT2D eigenvalue weighted by atomic mass is 10.2. The zero-order valence-electron chi connectivity index (χ0n) is 9.51. The second-order valence-electron chi connectivity index (χ2n) is 3.47. The Morgan fingerprint density at radius 1 is 1.44 bits per heavy atom. The number of benzene rings is 1. The van der Waals surface area contributed by atoms with Gasteiger partial charge in [-0.05, 0) is 19.4 Å². The molecule has 1 aromatic carbocycles. The first-order valence-corrected chi connectivity index (χ1v) is 5.04. The highest BCUT2D eigenvalue weighted by atomic mass is 16.6. The van der Waals surface area contributed by atoms with Gasteiger partial charge < -0.3 is 4.74 Å². The zero-order valence-corrected chi connectivity index (χ0v) is 9.51. The number of esters is 1. The number of aliphatic imine (C=N–C) groups is 1. The normalized spacial score (nSPS) is 12.4. The molecule has 1 atom stereocenters. The molecule has 0 fully saturated rings. The molecule has 0 bridgehead atoms. The first-order valence-electron chi connectivity index (χ1n) is 5.04. The van der Waals surface area contributed by atoms with Gasteiger partial charge in [0.2, 0.25) is 0 Å². The molecular weight excluding hydrogens is 202 g/mol. The highest BCUT2D eigenvalue weighted by Gasteiger charge is 2.07. The van der Waals surface area contributed by atoms with Crippen LogP contribution in [0.1, 0.15) is 19.4 Å². The Morgan fingerprint density at radius 2 is 2.06 bits per heavy atom. The SMILES string of the molecule is C=C(C)C(=O)OC(C)N=Cc1ccccc1. The summed E-state index contributed by atoms with van der Waals surface area (Å²) >= 11 is 0. The molecule has 16 heavy (non-hydrogen) atoms. The first kappa shape index (κ1) is 12.2. The number of hydrogen-bond acceptors (Lipinski definition) is 3. The van der Waals surface area contributed by atoms with Crippen molar-refractivity contribution in [2.24, 2.45) is 4.99 Å². The average molecular weight is 217 g/mol. The van der Waals surface area contributed by atoms with Gasteiger partial charge in [-0.25, -0.2) is 4.79 Å². The van der Waals surface area contributed by atoms with Crippen LogP contribution in [-0.2, 0) is 9.53 Å². The van der Waals surface area contributed by atoms with Crippen molar-refractivity contribution in [2.75, 3.05) is 0 Å². The first-order chi connectivity index (χ1) is 7.59. The van der Waals surface area contributed by atoms with E-state index in [-0.39, 0.29) is 0 Å². The van der Waals surface area contributed by atoms with E-state index in [2.05, 4.69) is 11.6 Å². The molecule has 0 radical (unpaired) electrons. The molecule has 0 saturated carbocycles. The Kier molecular flexibility index (Phi) is 4.45. The van der Waals surface area contributed by atoms with Crippen molar-refractivity contribution in [3.63, 3.8) is 0 Å². The molecule has 3 nitrogen and oxygen atoms in total. The lowest BCUT2D eigenvalue weighted by molar-refractivity contribution is -0.142. The van der Waals surface area contributed by atoms with E-state index in [1.165, 1.54) is 0 Å². The van der Waals surface area contributed by atoms with Crippen molar-refractivity contribution in [1.82, 2.24) is 0 Å². The van der Waals surface area contributed by atoms with Crippen molar-refractivity contribution in [3.05, 3.63) is 48.0 Å². The third-order valence-electron chi connectivity index (χ3n) is 1.86. The molecule has 0 aliphatic rings. The van der Waals surface area contributed by atoms with Crippen LogP contribution in [-0.4, -0.2) is 18.4 Å². The van der Waals surface area contributed by atoms with Gasteiger partial charge in [0.05, 0.1) is 0 Å². The van der Waals surface area contributed by atoms with Crippen molar-refractivity contribution in [2.45, 2.75) is 20.1 Å². The molecule has 1 unspecified atom stereocenters. The predicted molar refractivity (Wildman–Crippen MR) is 64.4 cm³/mol. The molecule has 0 heterocycles. The van der Waals surface area contributed by atoms with Crippen LogP contribution in [0.2, 0.25) is 0 Å². The molecule has 0 aliphatic heterocycles. The van der Waals surface area contributed by atoms with E-state index >= 15 is 0 Å². The summed E-state index contributed by atoms with van der Waals surface area (Å²) in [4.78, 5) is 15.3. The van der Waals surface area contributed by atoms with Crippen molar-refractivity contribution in [3.8, 4) is 0 Å². The summed E-state index contributed by atoms with van der Waals surface area (Å²) in [6, 6.07) is 9.63. The van der Waals surface area contributed by atoms with E-state index in [9.17, 15) is 4.79 Å². The monoisotopic (exact) mass is 217 g/mol. The number of carbonyl (C=O) groups is 1. The second-order valence-corrected chi connectivity index (χ2v) is 3.47. The number of rotatable bonds is 4. The summed E-state index contributed by atoms with van der Waals surface area (Å²) in [5.74, 6) is -0.419. The van der Waals surface area contributed by atoms with E-state index < -0.39 is 12.2 Å². The van der Waals surface area contributed by atoms with Gasteiger partial charge in [-0.1, -0.05) is 36.9 Å². The lowest BCUT2D eigenvalue weighted by Gasteiger charge is -2.07. The van der Waals surface area contributed by atoms with Crippen molar-refractivity contribution in [1.29, 1.82) is 0 Å². The summed E-state index contributed by atoms with van der Waals surface area (Å²) in [5.41, 5.74) is 1.35. The topological polar surface area (TPSA) is 38.7 Å². The third-order valence-corrected chi connectivity index (χ3v) is 1.86. The van der Waals surface area contributed by atoms with Crippen LogP contribution in [0.3, 0.4) is 0 Å². The second kappa shape index (κ2) is 5.85. The summed E-state index contributed by atoms with van der Waals surface area (Å²) in [5, 5.41) is 0. The van der Waals surface area contributed by atoms with Gasteiger partial charge in [-0.15, -0.1) is 0 Å². The fourth-order valence-electron chi connectivity index (χ4n) is 1.02. The van der Waals surface area contributed by atoms with Crippen LogP contribution < -0.4 is 0 Å². The molecule has 0 spiro atoms. The number of hydrogen-bond donors (Lipinski definition) is 0. The maximum absolute atomic E-state index is 11.2. The fraction of sp³-hybridized carbons (Fsp3) is 0.231. The molecule has 84 valence electrons. The standard InChI is InChI=1S/C13H15NO2/c1-10(2)13(15)16-11(3)14-9-12-7-5-4-6-8-12/h4-9,11H,1H2,2-3H3. The minimum Gasteiger partial charge on any atom is -0.437 e. The Balaban J connectivity index is 2.52. The Labute approximate surface area is 95.5 Å². The summed E-state index contributed by atoms with van der Waals surface area (Å²) in [6.07, 6.45) is 1.18. The molecule has 0 aliphatic carbocycles. The maximum Gasteiger partial charge on any atom is 0.335 e. The Hall–Kier alpha value is -1.90. The predicted octanol–water partition coefficient (Wildman–Crippen LogP) is 2.57. The molecule has 0 amide bonds. The maximum atomic E-state index is 11.2. The van der Waals surface area contributed by atoms with Crippen molar-refractivity contribution < 1.29 is 9.53 Å². The van der Waals surface area contributed by atoms with Crippen LogP contribution in [0.4, 0.5) is 0 Å². The van der Waals surface area contributed by atoms with Crippen LogP contribution >= 0.6 is 0 Å². The molecule has 0 saturated heterocycles. The smallest absolute Gasteiger partial charge is 0.335 e. The Bertz CT molecular complexity index is 396. The van der Waals surface area contributed by atoms with Gasteiger partial charge in [0.1, 0.15) is 0 Å². The summed E-state index contributed by atoms with van der Waals surface area (Å²) in [7, 11) is 0. The summed E-state index contributed by atoms with van der Waals surface area (Å²) < 4.78 is 5.00. The van der Waals surface area contributed by atoms with E-state index in [0.29, 0.717) is 5.57 Å². The molecule has 3 heteroatoms. The molecule has 0 N–H and O–H groups in total. The van der Waals surface area contributed by atoms with E-state index in [4.69, 9.17) is 4.74 Å². The third kappa shape index (κ3) is 4.09. The quantitative estimate of drug-likeness (QED) is 0.441. The molecular formula is C13H15NO2. The Morgan fingerprint density at radius 3 is 2.62 bits per heavy atom. The van der Waals surface area contributed by atoms with Crippen LogP contribution in [0.15, 0.2) is 47.5 Å². The zero-order chi connectivity index (χ0) is 12.0. The fourth-order valence-corrected chi connectivity index (χ4v) is 1.02. The van der Waals surface area contributed by atoms with E-state index in [1.807, 2.05) is 30.3 Å². The van der Waals surface area contributed by atoms with Gasteiger partial charge in [0, 0.05) is 11.8 Å². The molecule has 1 aromatic rings. The van der Waals surface area contributed by atoms with Crippen LogP contribution in [0.25, 0.3) is 0 Å². The molecule has 0 aromatic heterocycles. The van der Waals surface area contributed by atoms with Gasteiger partial charge in [-0.2, -0.15) is 0 Å². The van der Waals surface area contributed by atoms with Crippen molar-refractivity contribution >= 4 is 12.2 Å². The number of nitrogens with zero attached hydrogens (tertiary/aromatic N) is 1. The highest BCUT2D eigenvalue weighted by molar-refractivity contribution is 5.87. The minimum absolute atomic E-state index is 0.377. The van der Waals surface area contributed by atoms with E-state index in [1.54, 1.807) is 20.1 Å². The van der Waals surface area contributed by atoms with Gasteiger partial charge in [-0.3, -0.25) is 4.99 Å². The van der Waals surface area contributed by atoms with E-state index in [0.717, 1.165) is 5.56 Å². The van der Waals surface area contributed by atoms with Gasteiger partial charge >= 0.3 is 5.97 Å². The number of ether oxygens (including phenoxy) is 1. The molecule has 1 rings (SSSR count).